The van der Waals surface area contributed by atoms with E-state index >= 15 is 0 Å². The zero-order valence-electron chi connectivity index (χ0n) is 5.10. The second-order valence-electron chi connectivity index (χ2n) is 1.29. The van der Waals surface area contributed by atoms with Crippen LogP contribution >= 0.6 is 20.3 Å². The molecule has 4 heteroatoms. The Bertz CT molecular complexity index is 49.3. The van der Waals surface area contributed by atoms with Gasteiger partial charge in [0.15, 0.2) is 8.69 Å². The van der Waals surface area contributed by atoms with Gasteiger partial charge in [-0.05, 0) is 13.3 Å². The molecule has 0 aliphatic heterocycles. The van der Waals surface area contributed by atoms with Crippen molar-refractivity contribution in [1.82, 2.24) is 0 Å². The average molecular weight is 159 g/mol. The molecule has 0 saturated carbocycles. The van der Waals surface area contributed by atoms with Crippen LogP contribution in [0.3, 0.4) is 0 Å². The first kappa shape index (κ1) is 11.3. The fourth-order valence-corrected chi connectivity index (χ4v) is 0. The summed E-state index contributed by atoms with van der Waals surface area (Å²) in [6.07, 6.45) is 1.07. The van der Waals surface area contributed by atoms with Crippen LogP contribution in [0.15, 0.2) is 0 Å². The fourth-order valence-electron chi connectivity index (χ4n) is 0. The molecule has 0 amide bonds. The molecule has 52 valence electrons. The smallest absolute Gasteiger partial charge is 0.177 e. The number of alkyl halides is 1. The van der Waals surface area contributed by atoms with E-state index in [9.17, 15) is 0 Å². The lowest BCUT2D eigenvalue weighted by molar-refractivity contribution is 0.524. The Hall–Kier alpha value is 0.480. The maximum atomic E-state index is 8.57. The summed E-state index contributed by atoms with van der Waals surface area (Å²) < 4.78 is 8.57. The van der Waals surface area contributed by atoms with Crippen LogP contribution in [0.2, 0.25) is 0 Å². The van der Waals surface area contributed by atoms with Gasteiger partial charge in [0.25, 0.3) is 0 Å². The molecule has 2 atom stereocenters. The van der Waals surface area contributed by atoms with Crippen LogP contribution in [0.4, 0.5) is 0 Å². The van der Waals surface area contributed by atoms with Crippen LogP contribution in [-0.2, 0) is 4.57 Å². The van der Waals surface area contributed by atoms with Gasteiger partial charge in [0.05, 0.1) is 0 Å². The van der Waals surface area contributed by atoms with Gasteiger partial charge in [0.1, 0.15) is 0 Å². The van der Waals surface area contributed by atoms with E-state index in [1.54, 1.807) is 0 Å². The third-order valence-electron chi connectivity index (χ3n) is 0.563. The van der Waals surface area contributed by atoms with E-state index in [1.807, 2.05) is 6.92 Å². The quantitative estimate of drug-likeness (QED) is 0.466. The Balaban J connectivity index is 0. The molecule has 0 aliphatic rings. The van der Waals surface area contributed by atoms with Gasteiger partial charge in [0.2, 0.25) is 0 Å². The van der Waals surface area contributed by atoms with Crippen molar-refractivity contribution < 1.29 is 9.46 Å². The molecule has 0 heterocycles. The molecule has 0 aliphatic carbocycles. The van der Waals surface area contributed by atoms with Crippen LogP contribution < -0.4 is 0 Å². The highest BCUT2D eigenvalue weighted by molar-refractivity contribution is 7.16. The Morgan fingerprint density at radius 2 is 2.00 bits per heavy atom. The van der Waals surface area contributed by atoms with Crippen molar-refractivity contribution in [2.75, 3.05) is 0 Å². The Kier molecular flexibility index (Phi) is 14.8. The summed E-state index contributed by atoms with van der Waals surface area (Å²) in [7, 11) is -1.50. The van der Waals surface area contributed by atoms with E-state index in [0.717, 1.165) is 6.42 Å². The van der Waals surface area contributed by atoms with E-state index < -0.39 is 8.69 Å². The maximum absolute atomic E-state index is 8.57. The van der Waals surface area contributed by atoms with Crippen LogP contribution in [0.1, 0.15) is 20.3 Å². The molecule has 0 saturated heterocycles. The number of rotatable bonds is 1. The normalized spacial score (nSPS) is 13.0. The summed E-state index contributed by atoms with van der Waals surface area (Å²) in [6.45, 7) is 4.05. The molecule has 8 heavy (non-hydrogen) atoms. The van der Waals surface area contributed by atoms with Gasteiger partial charge in [-0.15, -0.1) is 11.6 Å². The van der Waals surface area contributed by atoms with Gasteiger partial charge in [0, 0.05) is 5.38 Å². The van der Waals surface area contributed by atoms with Crippen LogP contribution in [0.25, 0.3) is 0 Å². The predicted molar refractivity (Wildman–Crippen MR) is 38.2 cm³/mol. The van der Waals surface area contributed by atoms with Crippen molar-refractivity contribution in [2.24, 2.45) is 0 Å². The van der Waals surface area contributed by atoms with Crippen molar-refractivity contribution in [1.29, 1.82) is 0 Å². The molecule has 0 rings (SSSR count). The molecule has 0 fully saturated rings. The SMILES string of the molecule is CCC(C)Cl.O=[PH2]O. The average Bonchev–Trinajstić information content (AvgIpc) is 1.69. The first-order chi connectivity index (χ1) is 3.68. The summed E-state index contributed by atoms with van der Waals surface area (Å²) in [5.74, 6) is 0. The molecule has 0 aromatic heterocycles. The Labute approximate surface area is 56.1 Å². The van der Waals surface area contributed by atoms with Gasteiger partial charge in [-0.1, -0.05) is 6.92 Å². The fraction of sp³-hybridized carbons (Fsp3) is 1.00. The molecule has 2 unspecified atom stereocenters. The zero-order valence-corrected chi connectivity index (χ0v) is 7.01. The lowest BCUT2D eigenvalue weighted by Gasteiger charge is -1.87. The van der Waals surface area contributed by atoms with Crippen LogP contribution in [0.5, 0.6) is 0 Å². The molecule has 0 aromatic carbocycles. The highest BCUT2D eigenvalue weighted by atomic mass is 35.5. The van der Waals surface area contributed by atoms with E-state index in [-0.39, 0.29) is 0 Å². The van der Waals surface area contributed by atoms with Crippen molar-refractivity contribution in [2.45, 2.75) is 25.6 Å². The Morgan fingerprint density at radius 3 is 2.00 bits per heavy atom. The monoisotopic (exact) mass is 158 g/mol. The lowest BCUT2D eigenvalue weighted by Crippen LogP contribution is -1.81. The second-order valence-corrected chi connectivity index (χ2v) is 2.25. The summed E-state index contributed by atoms with van der Waals surface area (Å²) in [4.78, 5) is 7.10. The first-order valence-electron chi connectivity index (χ1n) is 2.40. The summed E-state index contributed by atoms with van der Waals surface area (Å²) >= 11 is 5.46. The van der Waals surface area contributed by atoms with E-state index in [1.165, 1.54) is 0 Å². The topological polar surface area (TPSA) is 37.3 Å². The molecule has 0 radical (unpaired) electrons. The van der Waals surface area contributed by atoms with E-state index in [2.05, 4.69) is 6.92 Å². The second kappa shape index (κ2) is 10.5. The van der Waals surface area contributed by atoms with E-state index in [0.29, 0.717) is 5.38 Å². The number of hydrogen-bond donors (Lipinski definition) is 1. The number of hydrogen-bond acceptors (Lipinski definition) is 1. The van der Waals surface area contributed by atoms with Crippen molar-refractivity contribution in [3.63, 3.8) is 0 Å². The molecular formula is C4H12ClO2P. The molecule has 2 nitrogen and oxygen atoms in total. The number of halogens is 1. The zero-order chi connectivity index (χ0) is 6.99. The van der Waals surface area contributed by atoms with Gasteiger partial charge >= 0.3 is 0 Å². The van der Waals surface area contributed by atoms with Crippen LogP contribution in [0, 0.1) is 0 Å². The van der Waals surface area contributed by atoms with Gasteiger partial charge in [-0.3, -0.25) is 4.57 Å². The third-order valence-corrected chi connectivity index (χ3v) is 0.871. The minimum absolute atomic E-state index is 0.356. The highest BCUT2D eigenvalue weighted by Crippen LogP contribution is 1.95. The van der Waals surface area contributed by atoms with Crippen LogP contribution in [-0.4, -0.2) is 10.3 Å². The lowest BCUT2D eigenvalue weighted by atomic mass is 10.4. The molecule has 1 N–H and O–H groups in total. The molecule has 0 spiro atoms. The van der Waals surface area contributed by atoms with Crippen molar-refractivity contribution in [3.05, 3.63) is 0 Å². The minimum atomic E-state index is -1.50. The van der Waals surface area contributed by atoms with Crippen molar-refractivity contribution >= 4 is 20.3 Å². The molecule has 0 aromatic rings. The molecular weight excluding hydrogens is 146 g/mol. The largest absolute Gasteiger partial charge is 0.348 e. The summed E-state index contributed by atoms with van der Waals surface area (Å²) in [5.41, 5.74) is 0. The van der Waals surface area contributed by atoms with Gasteiger partial charge in [-0.2, -0.15) is 0 Å². The molecule has 0 bridgehead atoms. The summed E-state index contributed by atoms with van der Waals surface area (Å²) in [5, 5.41) is 0.356. The third kappa shape index (κ3) is 31.6. The predicted octanol–water partition coefficient (Wildman–Crippen LogP) is 1.67. The van der Waals surface area contributed by atoms with E-state index in [4.69, 9.17) is 21.1 Å². The van der Waals surface area contributed by atoms with Crippen molar-refractivity contribution in [3.8, 4) is 0 Å². The minimum Gasteiger partial charge on any atom is -0.348 e. The Morgan fingerprint density at radius 1 is 1.88 bits per heavy atom. The maximum Gasteiger partial charge on any atom is 0.177 e. The first-order valence-corrected chi connectivity index (χ1v) is 3.83. The standard InChI is InChI=1S/C4H9Cl.H3O2P/c1-3-4(2)5;1-3-2/h4H,3H2,1-2H3;3H2,(H,1,2). The van der Waals surface area contributed by atoms with Gasteiger partial charge < -0.3 is 4.89 Å². The van der Waals surface area contributed by atoms with Gasteiger partial charge in [-0.25, -0.2) is 0 Å². The highest BCUT2D eigenvalue weighted by Gasteiger charge is 1.83. The summed E-state index contributed by atoms with van der Waals surface area (Å²) in [6, 6.07) is 0.